The Balaban J connectivity index is 1.57. The molecule has 1 fully saturated rings. The molecule has 1 aliphatic rings. The SMILES string of the molecule is Cc1cc(-c2ccnc3cc(C4CC4)nn23)cnc1OCC(C)(N)CC(C)C. The number of hydrogen-bond donors (Lipinski definition) is 1. The van der Waals surface area contributed by atoms with Crippen LogP contribution in [0, 0.1) is 12.8 Å². The summed E-state index contributed by atoms with van der Waals surface area (Å²) in [6.07, 6.45) is 7.02. The highest BCUT2D eigenvalue weighted by atomic mass is 16.5. The lowest BCUT2D eigenvalue weighted by molar-refractivity contribution is 0.199. The van der Waals surface area contributed by atoms with Crippen LogP contribution in [0.5, 0.6) is 5.88 Å². The molecule has 6 heteroatoms. The van der Waals surface area contributed by atoms with Crippen LogP contribution in [0.1, 0.15) is 57.2 Å². The van der Waals surface area contributed by atoms with Gasteiger partial charge in [0.25, 0.3) is 0 Å². The highest BCUT2D eigenvalue weighted by Gasteiger charge is 2.27. The van der Waals surface area contributed by atoms with Gasteiger partial charge in [-0.15, -0.1) is 0 Å². The molecule has 0 bridgehead atoms. The molecule has 0 aromatic carbocycles. The molecule has 0 amide bonds. The lowest BCUT2D eigenvalue weighted by Crippen LogP contribution is -2.43. The van der Waals surface area contributed by atoms with Crippen LogP contribution in [0.15, 0.2) is 30.6 Å². The van der Waals surface area contributed by atoms with Gasteiger partial charge in [-0.05, 0) is 51.2 Å². The minimum Gasteiger partial charge on any atom is -0.476 e. The van der Waals surface area contributed by atoms with Crippen LogP contribution in [0.25, 0.3) is 16.9 Å². The fraction of sp³-hybridized carbons (Fsp3) is 0.500. The number of fused-ring (bicyclic) bond motifs is 1. The van der Waals surface area contributed by atoms with E-state index in [0.717, 1.165) is 34.6 Å². The van der Waals surface area contributed by atoms with Gasteiger partial charge in [-0.2, -0.15) is 5.10 Å². The number of rotatable bonds is 7. The maximum absolute atomic E-state index is 6.36. The molecule has 0 aliphatic heterocycles. The molecule has 0 spiro atoms. The van der Waals surface area contributed by atoms with Crippen molar-refractivity contribution in [2.45, 2.75) is 58.4 Å². The first-order valence-electron chi connectivity index (χ1n) is 10.1. The maximum atomic E-state index is 6.36. The predicted octanol–water partition coefficient (Wildman–Crippen LogP) is 4.12. The third kappa shape index (κ3) is 4.02. The van der Waals surface area contributed by atoms with E-state index in [9.17, 15) is 0 Å². The van der Waals surface area contributed by atoms with E-state index in [2.05, 4.69) is 35.9 Å². The Kier molecular flexibility index (Phi) is 4.83. The lowest BCUT2D eigenvalue weighted by Gasteiger charge is -2.26. The van der Waals surface area contributed by atoms with Crippen LogP contribution >= 0.6 is 0 Å². The average Bonchev–Trinajstić information content (AvgIpc) is 3.38. The monoisotopic (exact) mass is 379 g/mol. The van der Waals surface area contributed by atoms with Gasteiger partial charge in [-0.3, -0.25) is 0 Å². The molecule has 1 unspecified atom stereocenters. The number of pyridine rings is 1. The Morgan fingerprint density at radius 3 is 2.75 bits per heavy atom. The molecule has 1 saturated carbocycles. The zero-order valence-corrected chi connectivity index (χ0v) is 17.1. The molecule has 1 aliphatic carbocycles. The van der Waals surface area contributed by atoms with Crippen LogP contribution in [0.3, 0.4) is 0 Å². The number of nitrogens with two attached hydrogens (primary N) is 1. The largest absolute Gasteiger partial charge is 0.476 e. The number of hydrogen-bond acceptors (Lipinski definition) is 5. The second kappa shape index (κ2) is 7.17. The molecule has 148 valence electrons. The van der Waals surface area contributed by atoms with Crippen molar-refractivity contribution in [2.75, 3.05) is 6.61 Å². The first-order valence-corrected chi connectivity index (χ1v) is 10.1. The van der Waals surface area contributed by atoms with Gasteiger partial charge in [0.15, 0.2) is 5.65 Å². The molecule has 0 radical (unpaired) electrons. The molecule has 6 nitrogen and oxygen atoms in total. The Morgan fingerprint density at radius 1 is 1.29 bits per heavy atom. The zero-order valence-electron chi connectivity index (χ0n) is 17.1. The Bertz CT molecular complexity index is 988. The highest BCUT2D eigenvalue weighted by molar-refractivity contribution is 5.63. The molecule has 3 aromatic rings. The van der Waals surface area contributed by atoms with E-state index >= 15 is 0 Å². The van der Waals surface area contributed by atoms with E-state index in [4.69, 9.17) is 15.6 Å². The fourth-order valence-electron chi connectivity index (χ4n) is 3.79. The standard InChI is InChI=1S/C22H29N5O/c1-14(2)11-22(4,23)13-28-21-15(3)9-17(12-25-21)19-7-8-24-20-10-18(16-5-6-16)26-27(19)20/h7-10,12,14,16H,5-6,11,13,23H2,1-4H3. The normalized spacial score (nSPS) is 16.5. The molecular formula is C22H29N5O. The number of ether oxygens (including phenoxy) is 1. The molecule has 2 N–H and O–H groups in total. The van der Waals surface area contributed by atoms with Gasteiger partial charge in [0.1, 0.15) is 6.61 Å². The van der Waals surface area contributed by atoms with Crippen LogP contribution in [-0.4, -0.2) is 31.7 Å². The predicted molar refractivity (Wildman–Crippen MR) is 110 cm³/mol. The maximum Gasteiger partial charge on any atom is 0.216 e. The smallest absolute Gasteiger partial charge is 0.216 e. The van der Waals surface area contributed by atoms with Gasteiger partial charge in [-0.25, -0.2) is 14.5 Å². The van der Waals surface area contributed by atoms with Gasteiger partial charge in [0.2, 0.25) is 5.88 Å². The van der Waals surface area contributed by atoms with Crippen LogP contribution in [0.4, 0.5) is 0 Å². The molecule has 28 heavy (non-hydrogen) atoms. The summed E-state index contributed by atoms with van der Waals surface area (Å²) >= 11 is 0. The summed E-state index contributed by atoms with van der Waals surface area (Å²) in [6.45, 7) is 8.83. The van der Waals surface area contributed by atoms with E-state index in [0.29, 0.717) is 24.3 Å². The summed E-state index contributed by atoms with van der Waals surface area (Å²) < 4.78 is 7.87. The van der Waals surface area contributed by atoms with E-state index < -0.39 is 0 Å². The summed E-state index contributed by atoms with van der Waals surface area (Å²) in [7, 11) is 0. The quantitative estimate of drug-likeness (QED) is 0.668. The summed E-state index contributed by atoms with van der Waals surface area (Å²) in [5, 5.41) is 4.78. The summed E-state index contributed by atoms with van der Waals surface area (Å²) in [5.74, 6) is 1.76. The third-order valence-electron chi connectivity index (χ3n) is 5.11. The zero-order chi connectivity index (χ0) is 19.9. The minimum absolute atomic E-state index is 0.369. The minimum atomic E-state index is -0.369. The van der Waals surface area contributed by atoms with Gasteiger partial charge in [0, 0.05) is 41.0 Å². The third-order valence-corrected chi connectivity index (χ3v) is 5.11. The molecular weight excluding hydrogens is 350 g/mol. The Labute approximate surface area is 166 Å². The van der Waals surface area contributed by atoms with Crippen molar-refractivity contribution in [2.24, 2.45) is 11.7 Å². The van der Waals surface area contributed by atoms with Gasteiger partial charge in [-0.1, -0.05) is 13.8 Å². The van der Waals surface area contributed by atoms with Gasteiger partial charge >= 0.3 is 0 Å². The van der Waals surface area contributed by atoms with Crippen molar-refractivity contribution in [3.8, 4) is 17.1 Å². The summed E-state index contributed by atoms with van der Waals surface area (Å²) in [6, 6.07) is 6.16. The van der Waals surface area contributed by atoms with Crippen molar-refractivity contribution in [1.82, 2.24) is 19.6 Å². The highest BCUT2D eigenvalue weighted by Crippen LogP contribution is 2.39. The Morgan fingerprint density at radius 2 is 2.07 bits per heavy atom. The van der Waals surface area contributed by atoms with Crippen LogP contribution in [-0.2, 0) is 0 Å². The van der Waals surface area contributed by atoms with E-state index in [-0.39, 0.29) is 5.54 Å². The first-order chi connectivity index (χ1) is 13.3. The molecule has 0 saturated heterocycles. The van der Waals surface area contributed by atoms with Crippen molar-refractivity contribution >= 4 is 5.65 Å². The molecule has 3 aromatic heterocycles. The lowest BCUT2D eigenvalue weighted by atomic mass is 9.93. The number of aryl methyl sites for hydroxylation is 1. The fourth-order valence-corrected chi connectivity index (χ4v) is 3.79. The molecule has 4 rings (SSSR count). The van der Waals surface area contributed by atoms with Crippen molar-refractivity contribution < 1.29 is 4.74 Å². The Hall–Kier alpha value is -2.47. The summed E-state index contributed by atoms with van der Waals surface area (Å²) in [5.41, 5.74) is 11.0. The molecule has 3 heterocycles. The second-order valence-electron chi connectivity index (χ2n) is 8.83. The van der Waals surface area contributed by atoms with Gasteiger partial charge < -0.3 is 10.5 Å². The average molecular weight is 380 g/mol. The second-order valence-corrected chi connectivity index (χ2v) is 8.83. The van der Waals surface area contributed by atoms with Gasteiger partial charge in [0.05, 0.1) is 11.4 Å². The van der Waals surface area contributed by atoms with Crippen LogP contribution < -0.4 is 10.5 Å². The summed E-state index contributed by atoms with van der Waals surface area (Å²) in [4.78, 5) is 9.02. The van der Waals surface area contributed by atoms with E-state index in [1.54, 1.807) is 0 Å². The van der Waals surface area contributed by atoms with Crippen molar-refractivity contribution in [1.29, 1.82) is 0 Å². The molecule has 1 atom stereocenters. The van der Waals surface area contributed by atoms with Crippen molar-refractivity contribution in [3.05, 3.63) is 41.9 Å². The number of nitrogens with zero attached hydrogens (tertiary/aromatic N) is 4. The van der Waals surface area contributed by atoms with Crippen LogP contribution in [0.2, 0.25) is 0 Å². The number of aromatic nitrogens is 4. The van der Waals surface area contributed by atoms with E-state index in [1.165, 1.54) is 12.8 Å². The van der Waals surface area contributed by atoms with E-state index in [1.807, 2.05) is 36.8 Å². The topological polar surface area (TPSA) is 78.3 Å². The van der Waals surface area contributed by atoms with Crippen molar-refractivity contribution in [3.63, 3.8) is 0 Å². The first kappa shape index (κ1) is 18.9.